The summed E-state index contributed by atoms with van der Waals surface area (Å²) in [5, 5.41) is 0. The predicted molar refractivity (Wildman–Crippen MR) is 115 cm³/mol. The van der Waals surface area contributed by atoms with Gasteiger partial charge in [0.25, 0.3) is 0 Å². The van der Waals surface area contributed by atoms with Crippen LogP contribution in [0.25, 0.3) is 0 Å². The molecule has 0 aliphatic carbocycles. The lowest BCUT2D eigenvalue weighted by Crippen LogP contribution is -2.73. The monoisotopic (exact) mass is 467 g/mol. The molecule has 2 bridgehead atoms. The van der Waals surface area contributed by atoms with Gasteiger partial charge in [-0.25, -0.2) is 4.18 Å². The molecule has 3 rings (SSSR count). The Morgan fingerprint density at radius 3 is 2.03 bits per heavy atom. The van der Waals surface area contributed by atoms with Gasteiger partial charge in [0.15, 0.2) is 34.8 Å². The number of rotatable bonds is 10. The van der Waals surface area contributed by atoms with Gasteiger partial charge < -0.3 is 18.3 Å². The van der Waals surface area contributed by atoms with E-state index in [1.165, 1.54) is 0 Å². The molecule has 3 aliphatic heterocycles. The third kappa shape index (κ3) is 4.02. The van der Waals surface area contributed by atoms with Crippen LogP contribution in [0.2, 0.25) is 36.3 Å². The van der Waals surface area contributed by atoms with E-state index < -0.39 is 57.3 Å². The first-order valence-corrected chi connectivity index (χ1v) is 17.5. The van der Waals surface area contributed by atoms with Crippen molar-refractivity contribution in [1.82, 2.24) is 4.72 Å². The van der Waals surface area contributed by atoms with Gasteiger partial charge in [-0.2, -0.15) is 13.1 Å². The first kappa shape index (κ1) is 23.8. The Bertz CT molecular complexity index is 669. The van der Waals surface area contributed by atoms with E-state index in [4.69, 9.17) is 22.5 Å². The van der Waals surface area contributed by atoms with E-state index in [1.807, 2.05) is 0 Å². The zero-order valence-electron chi connectivity index (χ0n) is 18.5. The smallest absolute Gasteiger partial charge is 0.338 e. The molecule has 0 aromatic rings. The number of fused-ring (bicyclic) bond motifs is 4. The zero-order chi connectivity index (χ0) is 21.5. The molecule has 0 unspecified atom stereocenters. The minimum absolute atomic E-state index is 0.273. The van der Waals surface area contributed by atoms with E-state index in [-0.39, 0.29) is 6.61 Å². The normalized spacial score (nSPS) is 36.3. The van der Waals surface area contributed by atoms with Crippen LogP contribution < -0.4 is 4.72 Å². The highest BCUT2D eigenvalue weighted by Gasteiger charge is 2.70. The Labute approximate surface area is 177 Å². The van der Waals surface area contributed by atoms with E-state index >= 15 is 0 Å². The minimum Gasteiger partial charge on any atom is -0.405 e. The number of nitrogens with one attached hydrogen (secondary N) is 1. The van der Waals surface area contributed by atoms with E-state index in [1.54, 1.807) is 0 Å². The fourth-order valence-corrected chi connectivity index (χ4v) is 12.0. The van der Waals surface area contributed by atoms with Crippen LogP contribution in [0.4, 0.5) is 0 Å². The van der Waals surface area contributed by atoms with Crippen molar-refractivity contribution >= 4 is 26.9 Å². The van der Waals surface area contributed by atoms with Crippen molar-refractivity contribution in [3.63, 3.8) is 0 Å². The van der Waals surface area contributed by atoms with Crippen molar-refractivity contribution in [2.75, 3.05) is 6.61 Å². The standard InChI is InChI=1S/C18H37NO7SSi2/c1-7-28(8-2,9-3)25-16-17-22-13-14(23-17)15-18(16,19-27(20,21)24-15)26-29(10-4,11-5)12-6/h14-17,19H,7-13H2,1-6H3/t14-,15-,16-,17-,18+/m1/s1. The SMILES string of the molecule is CC[Si](CC)(CC)O[C@@H]1[C@@H]2OC[C@@H](O2)[C@H]2OS(=O)(=O)N[C@@]12O[Si](CC)(CC)CC. The molecule has 3 heterocycles. The maximum atomic E-state index is 12.6. The summed E-state index contributed by atoms with van der Waals surface area (Å²) in [7, 11) is -8.31. The van der Waals surface area contributed by atoms with E-state index in [0.717, 1.165) is 36.3 Å². The Hall–Kier alpha value is 0.144. The highest BCUT2D eigenvalue weighted by Crippen LogP contribution is 2.47. The largest absolute Gasteiger partial charge is 0.405 e. The summed E-state index contributed by atoms with van der Waals surface area (Å²) in [5.74, 6) is 0. The number of hydrogen-bond donors (Lipinski definition) is 1. The maximum Gasteiger partial charge on any atom is 0.338 e. The molecule has 0 amide bonds. The predicted octanol–water partition coefficient (Wildman–Crippen LogP) is 3.08. The van der Waals surface area contributed by atoms with Gasteiger partial charge in [0.05, 0.1) is 6.61 Å². The Morgan fingerprint density at radius 1 is 0.966 bits per heavy atom. The van der Waals surface area contributed by atoms with E-state index in [2.05, 4.69) is 46.3 Å². The van der Waals surface area contributed by atoms with Crippen molar-refractivity contribution in [3.05, 3.63) is 0 Å². The number of hydrogen-bond acceptors (Lipinski definition) is 7. The van der Waals surface area contributed by atoms with Gasteiger partial charge in [0, 0.05) is 0 Å². The third-order valence-corrected chi connectivity index (χ3v) is 17.6. The molecule has 0 radical (unpaired) electrons. The van der Waals surface area contributed by atoms with Crippen LogP contribution in [0.5, 0.6) is 0 Å². The van der Waals surface area contributed by atoms with E-state index in [0.29, 0.717) is 0 Å². The summed E-state index contributed by atoms with van der Waals surface area (Å²) in [4.78, 5) is 0. The maximum absolute atomic E-state index is 12.6. The summed E-state index contributed by atoms with van der Waals surface area (Å²) in [5.41, 5.74) is -1.30. The van der Waals surface area contributed by atoms with Crippen LogP contribution in [0.1, 0.15) is 41.5 Å². The molecule has 0 aromatic heterocycles. The second-order valence-electron chi connectivity index (χ2n) is 8.37. The van der Waals surface area contributed by atoms with Crippen LogP contribution in [0, 0.1) is 0 Å². The molecule has 0 spiro atoms. The Morgan fingerprint density at radius 2 is 1.52 bits per heavy atom. The molecule has 3 fully saturated rings. The molecule has 3 saturated heterocycles. The molecule has 5 atom stereocenters. The molecular weight excluding hydrogens is 430 g/mol. The number of ether oxygens (including phenoxy) is 2. The van der Waals surface area contributed by atoms with Gasteiger partial charge >= 0.3 is 10.3 Å². The molecule has 0 aromatic carbocycles. The lowest BCUT2D eigenvalue weighted by atomic mass is 9.94. The quantitative estimate of drug-likeness (QED) is 0.494. The van der Waals surface area contributed by atoms with E-state index in [9.17, 15) is 8.42 Å². The van der Waals surface area contributed by atoms with Crippen molar-refractivity contribution in [2.24, 2.45) is 0 Å². The molecule has 1 N–H and O–H groups in total. The minimum atomic E-state index is -3.97. The van der Waals surface area contributed by atoms with Gasteiger partial charge in [-0.1, -0.05) is 41.5 Å². The first-order chi connectivity index (χ1) is 13.7. The fraction of sp³-hybridized carbons (Fsp3) is 1.00. The van der Waals surface area contributed by atoms with Crippen LogP contribution in [0.15, 0.2) is 0 Å². The molecule has 11 heteroatoms. The first-order valence-electron chi connectivity index (χ1n) is 11.0. The average molecular weight is 468 g/mol. The van der Waals surface area contributed by atoms with Gasteiger partial charge in [0.2, 0.25) is 0 Å². The average Bonchev–Trinajstić information content (AvgIpc) is 3.28. The summed E-state index contributed by atoms with van der Waals surface area (Å²) >= 11 is 0. The van der Waals surface area contributed by atoms with Crippen LogP contribution in [-0.2, 0) is 32.8 Å². The molecular formula is C18H37NO7SSi2. The topological polar surface area (TPSA) is 92.3 Å². The fourth-order valence-electron chi connectivity index (χ4n) is 4.88. The second kappa shape index (κ2) is 8.59. The summed E-state index contributed by atoms with van der Waals surface area (Å²) in [6.45, 7) is 13.1. The summed E-state index contributed by atoms with van der Waals surface area (Å²) < 4.78 is 59.1. The van der Waals surface area contributed by atoms with Crippen LogP contribution in [0.3, 0.4) is 0 Å². The second-order valence-corrected chi connectivity index (χ2v) is 19.1. The summed E-state index contributed by atoms with van der Waals surface area (Å²) in [6.07, 6.45) is -2.66. The Balaban J connectivity index is 2.10. The van der Waals surface area contributed by atoms with Crippen molar-refractivity contribution in [1.29, 1.82) is 0 Å². The van der Waals surface area contributed by atoms with Gasteiger partial charge in [0.1, 0.15) is 12.2 Å². The van der Waals surface area contributed by atoms with Gasteiger partial charge in [-0.15, -0.1) is 0 Å². The zero-order valence-corrected chi connectivity index (χ0v) is 21.3. The van der Waals surface area contributed by atoms with Crippen molar-refractivity contribution in [2.45, 2.75) is 108 Å². The highest BCUT2D eigenvalue weighted by atomic mass is 32.2. The molecule has 170 valence electrons. The molecule has 0 saturated carbocycles. The lowest BCUT2D eigenvalue weighted by molar-refractivity contribution is -0.249. The summed E-state index contributed by atoms with van der Waals surface area (Å²) in [6, 6.07) is 5.45. The molecule has 8 nitrogen and oxygen atoms in total. The molecule has 29 heavy (non-hydrogen) atoms. The van der Waals surface area contributed by atoms with Crippen LogP contribution >= 0.6 is 0 Å². The Kier molecular flexibility index (Phi) is 7.05. The van der Waals surface area contributed by atoms with Gasteiger partial charge in [-0.3, -0.25) is 0 Å². The highest BCUT2D eigenvalue weighted by molar-refractivity contribution is 7.85. The van der Waals surface area contributed by atoms with Gasteiger partial charge in [-0.05, 0) is 36.3 Å². The lowest BCUT2D eigenvalue weighted by Gasteiger charge is -2.51. The van der Waals surface area contributed by atoms with Crippen molar-refractivity contribution in [3.8, 4) is 0 Å². The third-order valence-electron chi connectivity index (χ3n) is 7.31. The van der Waals surface area contributed by atoms with Crippen LogP contribution in [-0.4, -0.2) is 62.0 Å². The van der Waals surface area contributed by atoms with Crippen molar-refractivity contribution < 1.29 is 30.9 Å². The molecule has 3 aliphatic rings.